The first kappa shape index (κ1) is 23.0. The molecule has 0 N–H and O–H groups in total. The zero-order valence-corrected chi connectivity index (χ0v) is 22.6. The molecule has 0 unspecified atom stereocenters. The third kappa shape index (κ3) is 3.69. The molecule has 2 aromatic heterocycles. The van der Waals surface area contributed by atoms with Crippen LogP contribution >= 0.6 is 11.3 Å². The SMILES string of the molecule is c1ccc(-c2sc3cc(-c4ccc(-n5c6ccccc6c6ccccc65)cc4)ccc3c2-c2ccccc2)cc1. The Hall–Kier alpha value is -4.92. The summed E-state index contributed by atoms with van der Waals surface area (Å²) in [5, 5.41) is 3.88. The Balaban J connectivity index is 1.24. The Bertz CT molecular complexity index is 2080. The van der Waals surface area contributed by atoms with E-state index in [1.165, 1.54) is 70.3 Å². The van der Waals surface area contributed by atoms with Crippen LogP contribution in [0.15, 0.2) is 152 Å². The molecule has 0 aliphatic carbocycles. The Morgan fingerprint density at radius 2 is 0.950 bits per heavy atom. The molecule has 0 fully saturated rings. The van der Waals surface area contributed by atoms with Crippen LogP contribution in [0.4, 0.5) is 0 Å². The van der Waals surface area contributed by atoms with Crippen molar-refractivity contribution >= 4 is 43.2 Å². The minimum atomic E-state index is 1.18. The highest BCUT2D eigenvalue weighted by atomic mass is 32.1. The number of thiophene rings is 1. The van der Waals surface area contributed by atoms with E-state index in [-0.39, 0.29) is 0 Å². The Morgan fingerprint density at radius 3 is 1.60 bits per heavy atom. The van der Waals surface area contributed by atoms with Gasteiger partial charge >= 0.3 is 0 Å². The van der Waals surface area contributed by atoms with Crippen molar-refractivity contribution in [2.45, 2.75) is 0 Å². The second-order valence-electron chi connectivity index (χ2n) is 10.2. The summed E-state index contributed by atoms with van der Waals surface area (Å²) in [5.74, 6) is 0. The van der Waals surface area contributed by atoms with Crippen LogP contribution in [-0.2, 0) is 0 Å². The molecule has 0 atom stereocenters. The van der Waals surface area contributed by atoms with Crippen molar-refractivity contribution in [3.05, 3.63) is 152 Å². The van der Waals surface area contributed by atoms with Crippen molar-refractivity contribution in [1.82, 2.24) is 4.57 Å². The second kappa shape index (κ2) is 9.37. The van der Waals surface area contributed by atoms with Gasteiger partial charge in [-0.3, -0.25) is 0 Å². The number of hydrogen-bond donors (Lipinski definition) is 0. The number of nitrogens with zero attached hydrogens (tertiary/aromatic N) is 1. The Labute approximate surface area is 237 Å². The fraction of sp³-hybridized carbons (Fsp3) is 0. The van der Waals surface area contributed by atoms with Gasteiger partial charge in [0.05, 0.1) is 11.0 Å². The Kier molecular flexibility index (Phi) is 5.39. The summed E-state index contributed by atoms with van der Waals surface area (Å²) in [5.41, 5.74) is 9.95. The van der Waals surface area contributed by atoms with Gasteiger partial charge in [0.1, 0.15) is 0 Å². The van der Waals surface area contributed by atoms with E-state index in [1.54, 1.807) is 0 Å². The topological polar surface area (TPSA) is 4.93 Å². The lowest BCUT2D eigenvalue weighted by Crippen LogP contribution is -1.93. The van der Waals surface area contributed by atoms with Crippen molar-refractivity contribution in [3.8, 4) is 38.4 Å². The van der Waals surface area contributed by atoms with E-state index in [9.17, 15) is 0 Å². The van der Waals surface area contributed by atoms with E-state index in [4.69, 9.17) is 0 Å². The predicted molar refractivity (Wildman–Crippen MR) is 172 cm³/mol. The summed E-state index contributed by atoms with van der Waals surface area (Å²) < 4.78 is 3.68. The molecule has 0 amide bonds. The summed E-state index contributed by atoms with van der Waals surface area (Å²) in [4.78, 5) is 1.32. The zero-order chi connectivity index (χ0) is 26.5. The highest BCUT2D eigenvalue weighted by Crippen LogP contribution is 2.45. The van der Waals surface area contributed by atoms with Crippen molar-refractivity contribution < 1.29 is 0 Å². The lowest BCUT2D eigenvalue weighted by Gasteiger charge is -2.10. The van der Waals surface area contributed by atoms with Crippen molar-refractivity contribution in [2.24, 2.45) is 0 Å². The first-order valence-electron chi connectivity index (χ1n) is 13.6. The maximum atomic E-state index is 2.37. The first-order chi connectivity index (χ1) is 19.8. The predicted octanol–water partition coefficient (Wildman–Crippen LogP) is 11.0. The van der Waals surface area contributed by atoms with E-state index < -0.39 is 0 Å². The van der Waals surface area contributed by atoms with Gasteiger partial charge in [-0.05, 0) is 52.6 Å². The molecule has 6 aromatic carbocycles. The van der Waals surface area contributed by atoms with Gasteiger partial charge in [-0.15, -0.1) is 11.3 Å². The van der Waals surface area contributed by atoms with Crippen LogP contribution in [0.25, 0.3) is 70.3 Å². The molecule has 188 valence electrons. The molecular weight excluding hydrogens is 502 g/mol. The molecule has 0 aliphatic heterocycles. The van der Waals surface area contributed by atoms with Crippen LogP contribution in [0.2, 0.25) is 0 Å². The summed E-state index contributed by atoms with van der Waals surface area (Å²) in [7, 11) is 0. The standard InChI is InChI=1S/C38H25NS/c1-3-11-27(12-4-1)37-33-24-21-29(25-36(33)40-38(37)28-13-5-2-6-14-28)26-19-22-30(23-20-26)39-34-17-9-7-15-31(34)32-16-8-10-18-35(32)39/h1-25H. The Morgan fingerprint density at radius 1 is 0.400 bits per heavy atom. The van der Waals surface area contributed by atoms with Gasteiger partial charge in [0.15, 0.2) is 0 Å². The van der Waals surface area contributed by atoms with Gasteiger partial charge in [0.2, 0.25) is 0 Å². The number of rotatable bonds is 4. The van der Waals surface area contributed by atoms with Crippen LogP contribution in [0.3, 0.4) is 0 Å². The lowest BCUT2D eigenvalue weighted by atomic mass is 9.97. The third-order valence-corrected chi connectivity index (χ3v) is 9.03. The van der Waals surface area contributed by atoms with Gasteiger partial charge in [-0.2, -0.15) is 0 Å². The maximum absolute atomic E-state index is 2.37. The molecule has 0 radical (unpaired) electrons. The van der Waals surface area contributed by atoms with Crippen molar-refractivity contribution in [2.75, 3.05) is 0 Å². The van der Waals surface area contributed by atoms with Crippen molar-refractivity contribution in [3.63, 3.8) is 0 Å². The van der Waals surface area contributed by atoms with E-state index in [2.05, 4.69) is 156 Å². The quantitative estimate of drug-likeness (QED) is 0.214. The van der Waals surface area contributed by atoms with Gasteiger partial charge in [0, 0.05) is 37.0 Å². The summed E-state index contributed by atoms with van der Waals surface area (Å²) in [6.45, 7) is 0. The average molecular weight is 528 g/mol. The largest absolute Gasteiger partial charge is 0.309 e. The fourth-order valence-corrected chi connectivity index (χ4v) is 7.23. The van der Waals surface area contributed by atoms with Gasteiger partial charge in [-0.25, -0.2) is 0 Å². The summed E-state index contributed by atoms with van der Waals surface area (Å²) in [6, 6.07) is 54.8. The van der Waals surface area contributed by atoms with E-state index in [1.807, 2.05) is 11.3 Å². The number of para-hydroxylation sites is 2. The van der Waals surface area contributed by atoms with Crippen molar-refractivity contribution in [1.29, 1.82) is 0 Å². The van der Waals surface area contributed by atoms with E-state index >= 15 is 0 Å². The normalized spacial score (nSPS) is 11.5. The molecule has 0 spiro atoms. The fourth-order valence-electron chi connectivity index (χ4n) is 5.96. The highest BCUT2D eigenvalue weighted by molar-refractivity contribution is 7.23. The second-order valence-corrected chi connectivity index (χ2v) is 11.2. The molecule has 0 saturated heterocycles. The minimum Gasteiger partial charge on any atom is -0.309 e. The summed E-state index contributed by atoms with van der Waals surface area (Å²) in [6.07, 6.45) is 0. The molecule has 2 heteroatoms. The molecule has 8 aromatic rings. The smallest absolute Gasteiger partial charge is 0.0541 e. The lowest BCUT2D eigenvalue weighted by molar-refractivity contribution is 1.18. The molecular formula is C38H25NS. The van der Waals surface area contributed by atoms with Gasteiger partial charge in [0.25, 0.3) is 0 Å². The van der Waals surface area contributed by atoms with Crippen LogP contribution in [0.5, 0.6) is 0 Å². The maximum Gasteiger partial charge on any atom is 0.0541 e. The molecule has 1 nitrogen and oxygen atoms in total. The van der Waals surface area contributed by atoms with Gasteiger partial charge < -0.3 is 4.57 Å². The van der Waals surface area contributed by atoms with Crippen LogP contribution in [0.1, 0.15) is 0 Å². The number of fused-ring (bicyclic) bond motifs is 4. The molecule has 8 rings (SSSR count). The van der Waals surface area contributed by atoms with Crippen LogP contribution in [-0.4, -0.2) is 4.57 Å². The summed E-state index contributed by atoms with van der Waals surface area (Å²) >= 11 is 1.88. The number of aromatic nitrogens is 1. The zero-order valence-electron chi connectivity index (χ0n) is 21.8. The molecule has 0 saturated carbocycles. The van der Waals surface area contributed by atoms with Gasteiger partial charge in [-0.1, -0.05) is 121 Å². The van der Waals surface area contributed by atoms with Crippen LogP contribution < -0.4 is 0 Å². The highest BCUT2D eigenvalue weighted by Gasteiger charge is 2.17. The minimum absolute atomic E-state index is 1.18. The molecule has 2 heterocycles. The van der Waals surface area contributed by atoms with E-state index in [0.29, 0.717) is 0 Å². The first-order valence-corrected chi connectivity index (χ1v) is 14.4. The molecule has 0 aliphatic rings. The molecule has 0 bridgehead atoms. The monoisotopic (exact) mass is 527 g/mol. The van der Waals surface area contributed by atoms with E-state index in [0.717, 1.165) is 0 Å². The molecule has 40 heavy (non-hydrogen) atoms. The number of hydrogen-bond acceptors (Lipinski definition) is 1. The number of benzene rings is 6. The third-order valence-electron chi connectivity index (χ3n) is 7.83. The average Bonchev–Trinajstić information content (AvgIpc) is 3.58. The van der Waals surface area contributed by atoms with Crippen LogP contribution in [0, 0.1) is 0 Å².